The summed E-state index contributed by atoms with van der Waals surface area (Å²) >= 11 is 1.34. The molecule has 1 aromatic heterocycles. The normalized spacial score (nSPS) is 21.7. The average Bonchev–Trinajstić information content (AvgIpc) is 3.47. The van der Waals surface area contributed by atoms with Crippen molar-refractivity contribution in [2.24, 2.45) is 11.8 Å². The molecule has 0 saturated carbocycles. The van der Waals surface area contributed by atoms with Crippen LogP contribution in [-0.4, -0.2) is 53.1 Å². The Morgan fingerprint density at radius 3 is 2.28 bits per heavy atom. The highest BCUT2D eigenvalue weighted by atomic mass is 32.1. The number of likely N-dealkylation sites (tertiary alicyclic amines) is 1. The van der Waals surface area contributed by atoms with E-state index in [1.165, 1.54) is 18.4 Å². The molecule has 8 nitrogen and oxygen atoms in total. The third-order valence-electron chi connectivity index (χ3n) is 6.89. The summed E-state index contributed by atoms with van der Waals surface area (Å²) in [6.45, 7) is 15.6. The number of ether oxygens (including phenoxy) is 3. The molecular weight excluding hydrogens is 516 g/mol. The fourth-order valence-corrected chi connectivity index (χ4v) is 6.24. The van der Waals surface area contributed by atoms with E-state index in [0.29, 0.717) is 22.7 Å². The number of carbonyl (C=O) groups excluding carboxylic acids is 3. The van der Waals surface area contributed by atoms with Crippen molar-refractivity contribution in [3.05, 3.63) is 45.9 Å². The minimum Gasteiger partial charge on any atom is -0.496 e. The van der Waals surface area contributed by atoms with Crippen LogP contribution < -0.4 is 4.74 Å². The van der Waals surface area contributed by atoms with E-state index in [-0.39, 0.29) is 17.8 Å². The van der Waals surface area contributed by atoms with Gasteiger partial charge in [0.15, 0.2) is 0 Å². The second-order valence-electron chi connectivity index (χ2n) is 12.6. The summed E-state index contributed by atoms with van der Waals surface area (Å²) in [6.07, 6.45) is 2.01. The number of benzene rings is 1. The van der Waals surface area contributed by atoms with Crippen LogP contribution in [0.5, 0.6) is 5.75 Å². The lowest BCUT2D eigenvalue weighted by Gasteiger charge is -2.41. The zero-order valence-electron chi connectivity index (χ0n) is 24.8. The first-order valence-electron chi connectivity index (χ1n) is 13.3. The smallest absolute Gasteiger partial charge is 0.332 e. The number of nitrogens with zero attached hydrogens (tertiary/aromatic N) is 2. The van der Waals surface area contributed by atoms with E-state index >= 15 is 0 Å². The third-order valence-corrected chi connectivity index (χ3v) is 7.73. The Balaban J connectivity index is 2.30. The lowest BCUT2D eigenvalue weighted by atomic mass is 9.83. The molecule has 0 spiro atoms. The van der Waals surface area contributed by atoms with Gasteiger partial charge in [0.1, 0.15) is 21.9 Å². The van der Waals surface area contributed by atoms with Gasteiger partial charge < -0.3 is 19.1 Å². The quantitative estimate of drug-likeness (QED) is 0.388. The van der Waals surface area contributed by atoms with Crippen molar-refractivity contribution in [1.82, 2.24) is 9.88 Å². The average molecular weight is 559 g/mol. The number of esters is 2. The second kappa shape index (κ2) is 11.3. The summed E-state index contributed by atoms with van der Waals surface area (Å²) in [5, 5.41) is 2.36. The maximum absolute atomic E-state index is 14.6. The largest absolute Gasteiger partial charge is 0.496 e. The van der Waals surface area contributed by atoms with Gasteiger partial charge in [-0.15, -0.1) is 11.3 Å². The molecule has 0 unspecified atom stereocenters. The van der Waals surface area contributed by atoms with Crippen LogP contribution >= 0.6 is 11.3 Å². The molecule has 2 aromatic rings. The molecule has 1 aliphatic rings. The van der Waals surface area contributed by atoms with E-state index < -0.39 is 40.9 Å². The Kier molecular flexibility index (Phi) is 8.85. The van der Waals surface area contributed by atoms with E-state index in [9.17, 15) is 14.4 Å². The number of hydrogen-bond acceptors (Lipinski definition) is 8. The predicted molar refractivity (Wildman–Crippen MR) is 151 cm³/mol. The molecule has 1 fully saturated rings. The molecule has 214 valence electrons. The van der Waals surface area contributed by atoms with E-state index in [0.717, 1.165) is 5.56 Å². The molecular formula is C30H42N2O6S. The van der Waals surface area contributed by atoms with Crippen LogP contribution in [0.1, 0.15) is 95.2 Å². The van der Waals surface area contributed by atoms with Crippen molar-refractivity contribution < 1.29 is 28.6 Å². The molecule has 0 bridgehead atoms. The van der Waals surface area contributed by atoms with E-state index in [2.05, 4.69) is 25.8 Å². The SMILES string of the molecule is COC(=O)[C@H]1C[C@@](CC(C)C)(C(=O)OC(C)(C)C)N(C(=O)c2ccc(C(C)(C)C)c(OC)c2)[C@H]1c1nccs1. The highest BCUT2D eigenvalue weighted by Gasteiger charge is 2.62. The zero-order valence-corrected chi connectivity index (χ0v) is 25.6. The van der Waals surface area contributed by atoms with Gasteiger partial charge >= 0.3 is 11.9 Å². The number of thiazole rings is 1. The molecule has 39 heavy (non-hydrogen) atoms. The zero-order chi connectivity index (χ0) is 29.3. The number of methoxy groups -OCH3 is 2. The summed E-state index contributed by atoms with van der Waals surface area (Å²) in [5.41, 5.74) is -1.12. The van der Waals surface area contributed by atoms with Crippen LogP contribution in [-0.2, 0) is 24.5 Å². The number of amides is 1. The van der Waals surface area contributed by atoms with Crippen LogP contribution in [0.15, 0.2) is 29.8 Å². The maximum atomic E-state index is 14.6. The molecule has 2 heterocycles. The Bertz CT molecular complexity index is 1200. The summed E-state index contributed by atoms with van der Waals surface area (Å²) < 4.78 is 16.8. The molecule has 3 rings (SSSR count). The third kappa shape index (κ3) is 6.29. The first kappa shape index (κ1) is 30.6. The summed E-state index contributed by atoms with van der Waals surface area (Å²) in [5.74, 6) is -1.64. The number of rotatable bonds is 7. The van der Waals surface area contributed by atoms with E-state index in [1.807, 2.05) is 19.9 Å². The van der Waals surface area contributed by atoms with Crippen molar-refractivity contribution in [1.29, 1.82) is 0 Å². The van der Waals surface area contributed by atoms with Gasteiger partial charge in [0.25, 0.3) is 5.91 Å². The summed E-state index contributed by atoms with van der Waals surface area (Å²) in [4.78, 5) is 48.0. The second-order valence-corrected chi connectivity index (χ2v) is 13.5. The predicted octanol–water partition coefficient (Wildman–Crippen LogP) is 5.95. The first-order valence-corrected chi connectivity index (χ1v) is 14.2. The van der Waals surface area contributed by atoms with Crippen LogP contribution in [0.2, 0.25) is 0 Å². The van der Waals surface area contributed by atoms with Gasteiger partial charge in [-0.2, -0.15) is 0 Å². The first-order chi connectivity index (χ1) is 18.1. The Morgan fingerprint density at radius 1 is 1.13 bits per heavy atom. The van der Waals surface area contributed by atoms with Crippen molar-refractivity contribution in [2.45, 2.75) is 90.8 Å². The Hall–Kier alpha value is -2.94. The standard InChI is InChI=1S/C30H42N2O6S/c1-18(2)16-30(27(35)38-29(6,7)8)17-20(26(34)37-10)23(24-31-13-14-39-24)32(30)25(33)19-11-12-21(28(3,4)5)22(15-19)36-9/h11-15,18,20,23H,16-17H2,1-10H3/t20-,23+,30-/m0/s1. The molecule has 0 radical (unpaired) electrons. The molecule has 1 aliphatic heterocycles. The topological polar surface area (TPSA) is 95.0 Å². The van der Waals surface area contributed by atoms with Gasteiger partial charge in [-0.05, 0) is 62.6 Å². The molecule has 0 N–H and O–H groups in total. The van der Waals surface area contributed by atoms with Gasteiger partial charge in [-0.1, -0.05) is 40.7 Å². The Morgan fingerprint density at radius 2 is 1.79 bits per heavy atom. The number of carbonyl (C=O) groups is 3. The summed E-state index contributed by atoms with van der Waals surface area (Å²) in [6, 6.07) is 4.55. The Labute approximate surface area is 236 Å². The van der Waals surface area contributed by atoms with E-state index in [1.54, 1.807) is 56.5 Å². The highest BCUT2D eigenvalue weighted by Crippen LogP contribution is 2.52. The van der Waals surface area contributed by atoms with Gasteiger partial charge in [-0.3, -0.25) is 9.59 Å². The van der Waals surface area contributed by atoms with Gasteiger partial charge in [0, 0.05) is 17.1 Å². The van der Waals surface area contributed by atoms with Crippen LogP contribution in [0.3, 0.4) is 0 Å². The van der Waals surface area contributed by atoms with Crippen molar-refractivity contribution in [3.8, 4) is 5.75 Å². The molecule has 9 heteroatoms. The van der Waals surface area contributed by atoms with Gasteiger partial charge in [0.05, 0.1) is 26.2 Å². The lowest BCUT2D eigenvalue weighted by molar-refractivity contribution is -0.168. The van der Waals surface area contributed by atoms with E-state index in [4.69, 9.17) is 14.2 Å². The maximum Gasteiger partial charge on any atom is 0.332 e. The minimum atomic E-state index is -1.41. The van der Waals surface area contributed by atoms with Gasteiger partial charge in [-0.25, -0.2) is 9.78 Å². The van der Waals surface area contributed by atoms with Crippen LogP contribution in [0, 0.1) is 11.8 Å². The minimum absolute atomic E-state index is 0.0129. The van der Waals surface area contributed by atoms with Crippen LogP contribution in [0.4, 0.5) is 0 Å². The monoisotopic (exact) mass is 558 g/mol. The van der Waals surface area contributed by atoms with Gasteiger partial charge in [0.2, 0.25) is 0 Å². The fraction of sp³-hybridized carbons (Fsp3) is 0.600. The number of aromatic nitrogens is 1. The molecule has 1 aromatic carbocycles. The molecule has 1 amide bonds. The molecule has 3 atom stereocenters. The van der Waals surface area contributed by atoms with Crippen molar-refractivity contribution in [2.75, 3.05) is 14.2 Å². The number of hydrogen-bond donors (Lipinski definition) is 0. The molecule has 1 saturated heterocycles. The highest BCUT2D eigenvalue weighted by molar-refractivity contribution is 7.09. The van der Waals surface area contributed by atoms with Crippen molar-refractivity contribution >= 4 is 29.2 Å². The molecule has 0 aliphatic carbocycles. The van der Waals surface area contributed by atoms with Crippen LogP contribution in [0.25, 0.3) is 0 Å². The summed E-state index contributed by atoms with van der Waals surface area (Å²) in [7, 11) is 2.89. The van der Waals surface area contributed by atoms with Crippen molar-refractivity contribution in [3.63, 3.8) is 0 Å². The fourth-order valence-electron chi connectivity index (χ4n) is 5.45. The lowest BCUT2D eigenvalue weighted by Crippen LogP contribution is -2.56.